The molecule has 0 aliphatic carbocycles. The van der Waals surface area contributed by atoms with Crippen LogP contribution in [-0.4, -0.2) is 79.9 Å². The lowest BCUT2D eigenvalue weighted by Gasteiger charge is -2.34. The zero-order valence-corrected chi connectivity index (χ0v) is 18.3. The minimum absolute atomic E-state index is 0.106. The highest BCUT2D eigenvalue weighted by Crippen LogP contribution is 2.27. The van der Waals surface area contributed by atoms with E-state index in [9.17, 15) is 26.0 Å². The van der Waals surface area contributed by atoms with Crippen LogP contribution in [0.1, 0.15) is 16.9 Å². The Morgan fingerprint density at radius 2 is 1.87 bits per heavy atom. The van der Waals surface area contributed by atoms with Crippen LogP contribution in [0.25, 0.3) is 10.6 Å². The van der Waals surface area contributed by atoms with Crippen molar-refractivity contribution in [2.75, 3.05) is 37.7 Å². The van der Waals surface area contributed by atoms with Crippen LogP contribution in [0.15, 0.2) is 29.6 Å². The molecular weight excluding hydrogens is 453 g/mol. The topological polar surface area (TPSA) is 105 Å². The number of rotatable bonds is 4. The number of carbonyl (C=O) groups is 1. The number of nitrogens with zero attached hydrogens (tertiary/aromatic N) is 3. The van der Waals surface area contributed by atoms with Gasteiger partial charge in [0.1, 0.15) is 16.5 Å². The van der Waals surface area contributed by atoms with Gasteiger partial charge in [-0.1, -0.05) is 12.1 Å². The molecule has 0 bridgehead atoms. The molecule has 0 N–H and O–H groups in total. The number of carbonyl (C=O) groups excluding carboxylic acids is 1. The van der Waals surface area contributed by atoms with Crippen LogP contribution in [0.3, 0.4) is 0 Å². The average molecular weight is 474 g/mol. The fourth-order valence-corrected chi connectivity index (χ4v) is 8.98. The molecule has 1 unspecified atom stereocenters. The van der Waals surface area contributed by atoms with Crippen molar-refractivity contribution >= 4 is 37.1 Å². The summed E-state index contributed by atoms with van der Waals surface area (Å²) < 4.78 is 63.9. The van der Waals surface area contributed by atoms with Gasteiger partial charge in [-0.05, 0) is 18.6 Å². The molecule has 2 aliphatic heterocycles. The number of sulfone groups is 1. The quantitative estimate of drug-likeness (QED) is 0.661. The first kappa shape index (κ1) is 21.3. The van der Waals surface area contributed by atoms with Gasteiger partial charge in [0.05, 0.1) is 16.8 Å². The van der Waals surface area contributed by atoms with E-state index in [1.807, 2.05) is 0 Å². The number of halogens is 1. The molecule has 8 nitrogen and oxygen atoms in total. The summed E-state index contributed by atoms with van der Waals surface area (Å²) >= 11 is 1.17. The highest BCUT2D eigenvalue weighted by molar-refractivity contribution is 7.95. The van der Waals surface area contributed by atoms with Gasteiger partial charge in [-0.15, -0.1) is 11.3 Å². The van der Waals surface area contributed by atoms with E-state index in [0.717, 1.165) is 0 Å². The fourth-order valence-electron chi connectivity index (χ4n) is 3.64. The summed E-state index contributed by atoms with van der Waals surface area (Å²) in [4.78, 5) is 18.5. The third kappa shape index (κ3) is 4.13. The Morgan fingerprint density at radius 1 is 1.17 bits per heavy atom. The maximum atomic E-state index is 13.9. The molecule has 1 aromatic heterocycles. The minimum atomic E-state index is -3.72. The summed E-state index contributed by atoms with van der Waals surface area (Å²) in [5, 5.41) is 1.06. The van der Waals surface area contributed by atoms with Gasteiger partial charge in [0.2, 0.25) is 10.0 Å². The summed E-state index contributed by atoms with van der Waals surface area (Å²) in [7, 11) is -7.03. The normalized spacial score (nSPS) is 22.3. The molecule has 2 fully saturated rings. The van der Waals surface area contributed by atoms with Crippen molar-refractivity contribution in [1.29, 1.82) is 0 Å². The van der Waals surface area contributed by atoms with Crippen LogP contribution >= 0.6 is 11.3 Å². The predicted molar refractivity (Wildman–Crippen MR) is 111 cm³/mol. The van der Waals surface area contributed by atoms with E-state index in [1.54, 1.807) is 23.6 Å². The van der Waals surface area contributed by atoms with Crippen LogP contribution in [0, 0.1) is 5.82 Å². The van der Waals surface area contributed by atoms with Gasteiger partial charge in [0.15, 0.2) is 9.84 Å². The summed E-state index contributed by atoms with van der Waals surface area (Å²) in [5.41, 5.74) is 0.514. The molecule has 162 valence electrons. The Kier molecular flexibility index (Phi) is 5.68. The molecule has 2 aliphatic rings. The number of sulfonamides is 1. The van der Waals surface area contributed by atoms with Crippen LogP contribution < -0.4 is 0 Å². The van der Waals surface area contributed by atoms with Gasteiger partial charge in [-0.3, -0.25) is 4.79 Å². The van der Waals surface area contributed by atoms with E-state index in [4.69, 9.17) is 0 Å². The first-order valence-electron chi connectivity index (χ1n) is 9.36. The molecule has 12 heteroatoms. The second-order valence-electron chi connectivity index (χ2n) is 7.28. The SMILES string of the molecule is O=C(c1csc(-c2ccccc2F)n1)N1CCN(S(=O)(=O)C2CCS(=O)(=O)C2)CC1. The van der Waals surface area contributed by atoms with Crippen molar-refractivity contribution in [1.82, 2.24) is 14.2 Å². The van der Waals surface area contributed by atoms with E-state index < -0.39 is 30.9 Å². The number of aromatic nitrogens is 1. The van der Waals surface area contributed by atoms with Gasteiger partial charge in [-0.2, -0.15) is 4.31 Å². The molecule has 0 saturated carbocycles. The van der Waals surface area contributed by atoms with E-state index in [-0.39, 0.29) is 55.7 Å². The van der Waals surface area contributed by atoms with Crippen molar-refractivity contribution in [3.05, 3.63) is 41.2 Å². The lowest BCUT2D eigenvalue weighted by atomic mass is 10.2. The Morgan fingerprint density at radius 3 is 2.50 bits per heavy atom. The smallest absolute Gasteiger partial charge is 0.273 e. The number of benzene rings is 1. The van der Waals surface area contributed by atoms with E-state index in [2.05, 4.69) is 4.98 Å². The Hall–Kier alpha value is -1.89. The van der Waals surface area contributed by atoms with E-state index >= 15 is 0 Å². The fraction of sp³-hybridized carbons (Fsp3) is 0.444. The summed E-state index contributed by atoms with van der Waals surface area (Å²) in [6.07, 6.45) is 0.113. The van der Waals surface area contributed by atoms with E-state index in [1.165, 1.54) is 26.6 Å². The molecule has 1 atom stereocenters. The monoisotopic (exact) mass is 473 g/mol. The summed E-state index contributed by atoms with van der Waals surface area (Å²) in [6, 6.07) is 6.19. The average Bonchev–Trinajstić information content (AvgIpc) is 3.35. The molecule has 0 radical (unpaired) electrons. The lowest BCUT2D eigenvalue weighted by Crippen LogP contribution is -2.52. The van der Waals surface area contributed by atoms with Crippen LogP contribution in [0.4, 0.5) is 4.39 Å². The molecule has 0 spiro atoms. The molecule has 2 aromatic rings. The zero-order valence-electron chi connectivity index (χ0n) is 15.9. The molecule has 3 heterocycles. The third-order valence-corrected chi connectivity index (χ3v) is 10.5. The first-order valence-corrected chi connectivity index (χ1v) is 13.6. The van der Waals surface area contributed by atoms with Gasteiger partial charge in [0.25, 0.3) is 5.91 Å². The van der Waals surface area contributed by atoms with Crippen molar-refractivity contribution in [2.45, 2.75) is 11.7 Å². The standard InChI is InChI=1S/C18H20FN3O5S3/c19-15-4-2-1-3-14(15)17-20-16(11-28-17)18(23)21-6-8-22(9-7-21)30(26,27)13-5-10-29(24,25)12-13/h1-4,11,13H,5-10,12H2. The second kappa shape index (κ2) is 7.98. The van der Waals surface area contributed by atoms with Gasteiger partial charge < -0.3 is 4.90 Å². The minimum Gasteiger partial charge on any atom is -0.335 e. The Bertz CT molecular complexity index is 1170. The highest BCUT2D eigenvalue weighted by atomic mass is 32.2. The molecule has 1 aromatic carbocycles. The lowest BCUT2D eigenvalue weighted by molar-refractivity contribution is 0.0692. The van der Waals surface area contributed by atoms with Crippen LogP contribution in [0.2, 0.25) is 0 Å². The summed E-state index contributed by atoms with van der Waals surface area (Å²) in [6.45, 7) is 0.581. The molecule has 1 amide bonds. The van der Waals surface area contributed by atoms with Gasteiger partial charge in [-0.25, -0.2) is 26.2 Å². The first-order chi connectivity index (χ1) is 14.2. The van der Waals surface area contributed by atoms with E-state index in [0.29, 0.717) is 10.6 Å². The second-order valence-corrected chi connectivity index (χ2v) is 12.6. The number of thiazole rings is 1. The number of hydrogen-bond acceptors (Lipinski definition) is 7. The van der Waals surface area contributed by atoms with Crippen molar-refractivity contribution < 1.29 is 26.0 Å². The zero-order chi connectivity index (χ0) is 21.5. The number of amides is 1. The van der Waals surface area contributed by atoms with Crippen molar-refractivity contribution in [2.24, 2.45) is 0 Å². The van der Waals surface area contributed by atoms with Gasteiger partial charge in [0, 0.05) is 37.1 Å². The Labute approximate surface area is 178 Å². The Balaban J connectivity index is 1.41. The van der Waals surface area contributed by atoms with Crippen LogP contribution in [-0.2, 0) is 19.9 Å². The predicted octanol–water partition coefficient (Wildman–Crippen LogP) is 1.22. The van der Waals surface area contributed by atoms with Crippen molar-refractivity contribution in [3.8, 4) is 10.6 Å². The molecular formula is C18H20FN3O5S3. The molecule has 4 rings (SSSR count). The maximum Gasteiger partial charge on any atom is 0.273 e. The molecule has 2 saturated heterocycles. The molecule has 30 heavy (non-hydrogen) atoms. The maximum absolute atomic E-state index is 13.9. The number of piperazine rings is 1. The third-order valence-electron chi connectivity index (χ3n) is 5.33. The number of hydrogen-bond donors (Lipinski definition) is 0. The highest BCUT2D eigenvalue weighted by Gasteiger charge is 2.41. The largest absolute Gasteiger partial charge is 0.335 e. The van der Waals surface area contributed by atoms with Crippen LogP contribution in [0.5, 0.6) is 0 Å². The van der Waals surface area contributed by atoms with Gasteiger partial charge >= 0.3 is 0 Å². The van der Waals surface area contributed by atoms with Crippen molar-refractivity contribution in [3.63, 3.8) is 0 Å². The summed E-state index contributed by atoms with van der Waals surface area (Å²) in [5.74, 6) is -1.21.